The predicted molar refractivity (Wildman–Crippen MR) is 75.8 cm³/mol. The lowest BCUT2D eigenvalue weighted by molar-refractivity contribution is -0.161. The summed E-state index contributed by atoms with van der Waals surface area (Å²) in [6.07, 6.45) is 7.80. The Morgan fingerprint density at radius 3 is 2.80 bits per heavy atom. The van der Waals surface area contributed by atoms with Gasteiger partial charge >= 0.3 is 5.97 Å². The number of ether oxygens (including phenoxy) is 3. The molecule has 0 radical (unpaired) electrons. The standard InChI is InChI=1S/C16H26O4/c1-4-19-11(2)20-13-8-9-14-12(10-13)6-5-7-15(14)16(17)18-3/h4,11-15H,1,5-10H2,2-3H3. The number of esters is 1. The summed E-state index contributed by atoms with van der Waals surface area (Å²) in [7, 11) is 1.50. The monoisotopic (exact) mass is 282 g/mol. The van der Waals surface area contributed by atoms with E-state index in [1.165, 1.54) is 19.8 Å². The van der Waals surface area contributed by atoms with Crippen molar-refractivity contribution in [3.05, 3.63) is 12.8 Å². The molecule has 2 rings (SSSR count). The van der Waals surface area contributed by atoms with Crippen molar-refractivity contribution < 1.29 is 19.0 Å². The second-order valence-corrected chi connectivity index (χ2v) is 5.93. The van der Waals surface area contributed by atoms with Gasteiger partial charge in [-0.1, -0.05) is 19.4 Å². The fourth-order valence-electron chi connectivity index (χ4n) is 3.93. The van der Waals surface area contributed by atoms with Crippen LogP contribution < -0.4 is 0 Å². The maximum absolute atomic E-state index is 11.9. The Labute approximate surface area is 121 Å². The lowest BCUT2D eigenvalue weighted by Gasteiger charge is -2.43. The number of carbonyl (C=O) groups is 1. The zero-order valence-electron chi connectivity index (χ0n) is 12.5. The van der Waals surface area contributed by atoms with Gasteiger partial charge in [0, 0.05) is 0 Å². The molecule has 0 heterocycles. The van der Waals surface area contributed by atoms with Gasteiger partial charge in [0.05, 0.1) is 25.4 Å². The third-order valence-corrected chi connectivity index (χ3v) is 4.78. The molecule has 0 saturated heterocycles. The van der Waals surface area contributed by atoms with E-state index in [0.29, 0.717) is 11.8 Å². The summed E-state index contributed by atoms with van der Waals surface area (Å²) >= 11 is 0. The zero-order chi connectivity index (χ0) is 14.5. The number of rotatable bonds is 5. The van der Waals surface area contributed by atoms with E-state index in [4.69, 9.17) is 14.2 Å². The third kappa shape index (κ3) is 3.54. The largest absolute Gasteiger partial charge is 0.473 e. The molecule has 0 amide bonds. The molecule has 4 heteroatoms. The predicted octanol–water partition coefficient (Wildman–Crippen LogP) is 3.27. The molecule has 2 fully saturated rings. The van der Waals surface area contributed by atoms with Crippen LogP contribution in [0.3, 0.4) is 0 Å². The van der Waals surface area contributed by atoms with Crippen molar-refractivity contribution in [2.75, 3.05) is 7.11 Å². The first-order valence-corrected chi connectivity index (χ1v) is 7.65. The van der Waals surface area contributed by atoms with Gasteiger partial charge in [-0.05, 0) is 44.4 Å². The van der Waals surface area contributed by atoms with Crippen molar-refractivity contribution >= 4 is 5.97 Å². The second-order valence-electron chi connectivity index (χ2n) is 5.93. The first-order chi connectivity index (χ1) is 9.65. The molecule has 5 unspecified atom stereocenters. The van der Waals surface area contributed by atoms with E-state index in [0.717, 1.165) is 32.1 Å². The molecule has 2 saturated carbocycles. The highest BCUT2D eigenvalue weighted by atomic mass is 16.7. The van der Waals surface area contributed by atoms with Crippen LogP contribution in [-0.2, 0) is 19.0 Å². The average molecular weight is 282 g/mol. The van der Waals surface area contributed by atoms with E-state index in [9.17, 15) is 4.79 Å². The summed E-state index contributed by atoms with van der Waals surface area (Å²) in [5.41, 5.74) is 0. The van der Waals surface area contributed by atoms with Gasteiger partial charge in [0.2, 0.25) is 0 Å². The summed E-state index contributed by atoms with van der Waals surface area (Å²) < 4.78 is 16.1. The van der Waals surface area contributed by atoms with Crippen LogP contribution in [0.2, 0.25) is 0 Å². The van der Waals surface area contributed by atoms with Crippen LogP contribution in [0.25, 0.3) is 0 Å². The Morgan fingerprint density at radius 2 is 2.10 bits per heavy atom. The van der Waals surface area contributed by atoms with Crippen molar-refractivity contribution in [2.45, 2.75) is 57.8 Å². The van der Waals surface area contributed by atoms with Crippen LogP contribution in [-0.4, -0.2) is 25.5 Å². The van der Waals surface area contributed by atoms with Gasteiger partial charge < -0.3 is 14.2 Å². The molecule has 5 atom stereocenters. The molecular formula is C16H26O4. The van der Waals surface area contributed by atoms with Crippen LogP contribution in [0.5, 0.6) is 0 Å². The highest BCUT2D eigenvalue weighted by Gasteiger charge is 2.41. The van der Waals surface area contributed by atoms with Crippen molar-refractivity contribution in [1.82, 2.24) is 0 Å². The molecule has 0 bridgehead atoms. The van der Waals surface area contributed by atoms with E-state index < -0.39 is 0 Å². The Balaban J connectivity index is 1.90. The molecule has 4 nitrogen and oxygen atoms in total. The highest BCUT2D eigenvalue weighted by molar-refractivity contribution is 5.72. The summed E-state index contributed by atoms with van der Waals surface area (Å²) in [6.45, 7) is 5.44. The number of hydrogen-bond acceptors (Lipinski definition) is 4. The second kappa shape index (κ2) is 7.11. The zero-order valence-corrected chi connectivity index (χ0v) is 12.5. The SMILES string of the molecule is C=COC(C)OC1CCC2C(CCCC2C(=O)OC)C1. The number of hydrogen-bond donors (Lipinski definition) is 0. The average Bonchev–Trinajstić information content (AvgIpc) is 2.45. The maximum atomic E-state index is 11.9. The van der Waals surface area contributed by atoms with E-state index >= 15 is 0 Å². The molecule has 114 valence electrons. The van der Waals surface area contributed by atoms with Gasteiger partial charge in [-0.25, -0.2) is 0 Å². The van der Waals surface area contributed by atoms with Gasteiger partial charge in [0.15, 0.2) is 6.29 Å². The number of fused-ring (bicyclic) bond motifs is 1. The van der Waals surface area contributed by atoms with E-state index in [1.807, 2.05) is 6.92 Å². The van der Waals surface area contributed by atoms with Gasteiger partial charge in [0.1, 0.15) is 0 Å². The lowest BCUT2D eigenvalue weighted by atomic mass is 9.65. The van der Waals surface area contributed by atoms with Gasteiger partial charge in [-0.3, -0.25) is 4.79 Å². The molecule has 2 aliphatic rings. The smallest absolute Gasteiger partial charge is 0.308 e. The minimum Gasteiger partial charge on any atom is -0.473 e. The summed E-state index contributed by atoms with van der Waals surface area (Å²) in [6, 6.07) is 0. The van der Waals surface area contributed by atoms with E-state index in [2.05, 4.69) is 6.58 Å². The van der Waals surface area contributed by atoms with Crippen LogP contribution in [0.1, 0.15) is 45.4 Å². The van der Waals surface area contributed by atoms with E-state index in [-0.39, 0.29) is 24.3 Å². The van der Waals surface area contributed by atoms with Gasteiger partial charge in [-0.2, -0.15) is 0 Å². The van der Waals surface area contributed by atoms with Crippen molar-refractivity contribution in [2.24, 2.45) is 17.8 Å². The Kier molecular flexibility index (Phi) is 5.46. The molecule has 0 spiro atoms. The van der Waals surface area contributed by atoms with Crippen molar-refractivity contribution in [1.29, 1.82) is 0 Å². The van der Waals surface area contributed by atoms with Crippen molar-refractivity contribution in [3.8, 4) is 0 Å². The quantitative estimate of drug-likeness (QED) is 0.441. The summed E-state index contributed by atoms with van der Waals surface area (Å²) in [5.74, 6) is 1.14. The third-order valence-electron chi connectivity index (χ3n) is 4.78. The first-order valence-electron chi connectivity index (χ1n) is 7.65. The minimum atomic E-state index is -0.242. The molecule has 0 N–H and O–H groups in total. The lowest BCUT2D eigenvalue weighted by Crippen LogP contribution is -2.40. The molecule has 0 aromatic rings. The molecular weight excluding hydrogens is 256 g/mol. The molecule has 2 aliphatic carbocycles. The fraction of sp³-hybridized carbons (Fsp3) is 0.812. The van der Waals surface area contributed by atoms with Crippen LogP contribution in [0, 0.1) is 17.8 Å². The Bertz CT molecular complexity index is 341. The highest BCUT2D eigenvalue weighted by Crippen LogP contribution is 2.45. The molecule has 0 aliphatic heterocycles. The van der Waals surface area contributed by atoms with Crippen LogP contribution in [0.4, 0.5) is 0 Å². The van der Waals surface area contributed by atoms with Gasteiger partial charge in [-0.15, -0.1) is 0 Å². The minimum absolute atomic E-state index is 0.0255. The van der Waals surface area contributed by atoms with Crippen LogP contribution in [0.15, 0.2) is 12.8 Å². The first kappa shape index (κ1) is 15.4. The van der Waals surface area contributed by atoms with Crippen LogP contribution >= 0.6 is 0 Å². The maximum Gasteiger partial charge on any atom is 0.308 e. The van der Waals surface area contributed by atoms with Crippen molar-refractivity contribution in [3.63, 3.8) is 0 Å². The normalized spacial score (nSPS) is 34.7. The number of carbonyl (C=O) groups excluding carboxylic acids is 1. The number of methoxy groups -OCH3 is 1. The Morgan fingerprint density at radius 1 is 1.30 bits per heavy atom. The fourth-order valence-corrected chi connectivity index (χ4v) is 3.93. The molecule has 0 aromatic heterocycles. The molecule has 0 aromatic carbocycles. The topological polar surface area (TPSA) is 44.8 Å². The summed E-state index contributed by atoms with van der Waals surface area (Å²) in [5, 5.41) is 0. The van der Waals surface area contributed by atoms with E-state index in [1.54, 1.807) is 0 Å². The van der Waals surface area contributed by atoms with Gasteiger partial charge in [0.25, 0.3) is 0 Å². The molecule has 20 heavy (non-hydrogen) atoms. The summed E-state index contributed by atoms with van der Waals surface area (Å²) in [4.78, 5) is 11.9. The Hall–Kier alpha value is -1.03.